The molecule has 0 saturated heterocycles. The molecule has 0 aliphatic heterocycles. The lowest BCUT2D eigenvalue weighted by Crippen LogP contribution is -1.94. The summed E-state index contributed by atoms with van der Waals surface area (Å²) in [6, 6.07) is 0. The third-order valence-corrected chi connectivity index (χ3v) is 1.24. The highest BCUT2D eigenvalue weighted by atomic mass is 16.3. The van der Waals surface area contributed by atoms with Gasteiger partial charge in [0.25, 0.3) is 0 Å². The Morgan fingerprint density at radius 3 is 2.62 bits per heavy atom. The van der Waals surface area contributed by atoms with Crippen LogP contribution in [0.1, 0.15) is 13.3 Å². The minimum absolute atomic E-state index is 0.0579. The van der Waals surface area contributed by atoms with Crippen molar-refractivity contribution in [2.75, 3.05) is 0 Å². The van der Waals surface area contributed by atoms with Crippen LogP contribution in [0.15, 0.2) is 11.8 Å². The Hall–Kier alpha value is -0.790. The zero-order valence-electron chi connectivity index (χ0n) is 4.72. The van der Waals surface area contributed by atoms with Crippen molar-refractivity contribution in [3.8, 4) is 0 Å². The van der Waals surface area contributed by atoms with Gasteiger partial charge in [-0.2, -0.15) is 0 Å². The Morgan fingerprint density at radius 1 is 1.88 bits per heavy atom. The standard InChI is InChI=1S/C6H8O2/c1-4-2-5(7)6(8)3-4/h2,4,7H,3H2,1H3/t4-/m1/s1. The van der Waals surface area contributed by atoms with Crippen molar-refractivity contribution in [2.24, 2.45) is 5.92 Å². The van der Waals surface area contributed by atoms with E-state index in [1.807, 2.05) is 6.92 Å². The van der Waals surface area contributed by atoms with Gasteiger partial charge in [-0.3, -0.25) is 4.79 Å². The molecule has 1 atom stereocenters. The molecule has 2 heteroatoms. The van der Waals surface area contributed by atoms with Gasteiger partial charge in [-0.15, -0.1) is 0 Å². The van der Waals surface area contributed by atoms with E-state index in [0.29, 0.717) is 6.42 Å². The number of aliphatic hydroxyl groups excluding tert-OH is 1. The summed E-state index contributed by atoms with van der Waals surface area (Å²) in [4.78, 5) is 10.5. The van der Waals surface area contributed by atoms with Crippen LogP contribution in [-0.4, -0.2) is 10.9 Å². The summed E-state index contributed by atoms with van der Waals surface area (Å²) in [6.07, 6.45) is 2.06. The number of hydrogen-bond acceptors (Lipinski definition) is 2. The highest BCUT2D eigenvalue weighted by Gasteiger charge is 2.18. The molecule has 0 aromatic heterocycles. The Morgan fingerprint density at radius 2 is 2.50 bits per heavy atom. The van der Waals surface area contributed by atoms with Gasteiger partial charge in [0.05, 0.1) is 0 Å². The van der Waals surface area contributed by atoms with E-state index in [2.05, 4.69) is 0 Å². The maximum Gasteiger partial charge on any atom is 0.197 e. The van der Waals surface area contributed by atoms with E-state index < -0.39 is 0 Å². The van der Waals surface area contributed by atoms with Gasteiger partial charge in [-0.1, -0.05) is 6.92 Å². The summed E-state index contributed by atoms with van der Waals surface area (Å²) in [5.74, 6) is 0.0532. The topological polar surface area (TPSA) is 37.3 Å². The molecule has 2 nitrogen and oxygen atoms in total. The van der Waals surface area contributed by atoms with Gasteiger partial charge in [0.1, 0.15) is 0 Å². The van der Waals surface area contributed by atoms with Crippen LogP contribution in [0.2, 0.25) is 0 Å². The monoisotopic (exact) mass is 112 g/mol. The Bertz CT molecular complexity index is 147. The van der Waals surface area contributed by atoms with E-state index in [9.17, 15) is 4.79 Å². The highest BCUT2D eigenvalue weighted by molar-refractivity contribution is 5.95. The van der Waals surface area contributed by atoms with Crippen LogP contribution in [0, 0.1) is 5.92 Å². The van der Waals surface area contributed by atoms with Gasteiger partial charge in [0, 0.05) is 6.42 Å². The smallest absolute Gasteiger partial charge is 0.197 e. The average Bonchev–Trinajstić information content (AvgIpc) is 1.85. The number of carbonyl (C=O) groups excluding carboxylic acids is 1. The number of hydrogen-bond donors (Lipinski definition) is 1. The number of Topliss-reactive ketones (excluding diaryl/α,β-unsaturated/α-hetero) is 1. The third-order valence-electron chi connectivity index (χ3n) is 1.24. The van der Waals surface area contributed by atoms with Crippen LogP contribution in [-0.2, 0) is 4.79 Å². The first kappa shape index (κ1) is 5.35. The van der Waals surface area contributed by atoms with E-state index in [-0.39, 0.29) is 17.5 Å². The average molecular weight is 112 g/mol. The van der Waals surface area contributed by atoms with Crippen molar-refractivity contribution in [3.05, 3.63) is 11.8 Å². The minimum Gasteiger partial charge on any atom is -0.505 e. The van der Waals surface area contributed by atoms with Crippen molar-refractivity contribution in [3.63, 3.8) is 0 Å². The second kappa shape index (κ2) is 1.62. The Kier molecular flexibility index (Phi) is 1.08. The molecule has 0 saturated carbocycles. The van der Waals surface area contributed by atoms with Crippen molar-refractivity contribution in [2.45, 2.75) is 13.3 Å². The number of carbonyl (C=O) groups is 1. The minimum atomic E-state index is -0.127. The van der Waals surface area contributed by atoms with Gasteiger partial charge in [0.2, 0.25) is 0 Å². The van der Waals surface area contributed by atoms with E-state index in [4.69, 9.17) is 5.11 Å². The van der Waals surface area contributed by atoms with Crippen LogP contribution in [0.3, 0.4) is 0 Å². The van der Waals surface area contributed by atoms with Crippen LogP contribution in [0.4, 0.5) is 0 Å². The zero-order chi connectivity index (χ0) is 6.15. The SMILES string of the molecule is C[C@@H]1C=C(O)C(=O)C1. The summed E-state index contributed by atoms with van der Waals surface area (Å²) in [5, 5.41) is 8.68. The van der Waals surface area contributed by atoms with Crippen molar-refractivity contribution in [1.29, 1.82) is 0 Å². The molecule has 0 radical (unpaired) electrons. The fraction of sp³-hybridized carbons (Fsp3) is 0.500. The molecular formula is C6H8O2. The van der Waals surface area contributed by atoms with Crippen LogP contribution < -0.4 is 0 Å². The second-order valence-electron chi connectivity index (χ2n) is 2.16. The molecule has 8 heavy (non-hydrogen) atoms. The molecule has 0 unspecified atom stereocenters. The van der Waals surface area contributed by atoms with E-state index in [1.54, 1.807) is 6.08 Å². The molecular weight excluding hydrogens is 104 g/mol. The first-order valence-corrected chi connectivity index (χ1v) is 2.64. The second-order valence-corrected chi connectivity index (χ2v) is 2.16. The van der Waals surface area contributed by atoms with Crippen molar-refractivity contribution >= 4 is 5.78 Å². The zero-order valence-corrected chi connectivity index (χ0v) is 4.72. The molecule has 0 heterocycles. The normalized spacial score (nSPS) is 28.4. The van der Waals surface area contributed by atoms with Crippen LogP contribution >= 0.6 is 0 Å². The number of ketones is 1. The molecule has 0 aromatic rings. The van der Waals surface area contributed by atoms with Gasteiger partial charge in [0.15, 0.2) is 11.5 Å². The molecule has 1 aliphatic rings. The summed E-state index contributed by atoms with van der Waals surface area (Å²) < 4.78 is 0. The van der Waals surface area contributed by atoms with E-state index in [0.717, 1.165) is 0 Å². The van der Waals surface area contributed by atoms with Crippen LogP contribution in [0.5, 0.6) is 0 Å². The maximum absolute atomic E-state index is 10.5. The summed E-state index contributed by atoms with van der Waals surface area (Å²) >= 11 is 0. The molecule has 44 valence electrons. The van der Waals surface area contributed by atoms with Gasteiger partial charge in [-0.05, 0) is 12.0 Å². The number of rotatable bonds is 0. The Balaban J connectivity index is 2.73. The van der Waals surface area contributed by atoms with E-state index in [1.165, 1.54) is 0 Å². The summed E-state index contributed by atoms with van der Waals surface area (Å²) in [5.41, 5.74) is 0. The fourth-order valence-corrected chi connectivity index (χ4v) is 0.818. The lowest BCUT2D eigenvalue weighted by atomic mass is 10.2. The van der Waals surface area contributed by atoms with Crippen LogP contribution in [0.25, 0.3) is 0 Å². The first-order valence-electron chi connectivity index (χ1n) is 2.64. The molecule has 0 fully saturated rings. The van der Waals surface area contributed by atoms with Crippen molar-refractivity contribution in [1.82, 2.24) is 0 Å². The largest absolute Gasteiger partial charge is 0.505 e. The highest BCUT2D eigenvalue weighted by Crippen LogP contribution is 2.17. The lowest BCUT2D eigenvalue weighted by Gasteiger charge is -1.87. The molecule has 0 bridgehead atoms. The molecule has 1 rings (SSSR count). The molecule has 0 aromatic carbocycles. The fourth-order valence-electron chi connectivity index (χ4n) is 0.818. The molecule has 0 amide bonds. The predicted octanol–water partition coefficient (Wildman–Crippen LogP) is 1.04. The number of allylic oxidation sites excluding steroid dienone is 2. The molecule has 0 spiro atoms. The maximum atomic E-state index is 10.5. The third kappa shape index (κ3) is 0.735. The predicted molar refractivity (Wildman–Crippen MR) is 29.5 cm³/mol. The quantitative estimate of drug-likeness (QED) is 0.508. The first-order chi connectivity index (χ1) is 3.70. The molecule has 1 N–H and O–H groups in total. The van der Waals surface area contributed by atoms with E-state index >= 15 is 0 Å². The molecule has 1 aliphatic carbocycles. The van der Waals surface area contributed by atoms with Gasteiger partial charge in [-0.25, -0.2) is 0 Å². The van der Waals surface area contributed by atoms with Crippen molar-refractivity contribution < 1.29 is 9.90 Å². The lowest BCUT2D eigenvalue weighted by molar-refractivity contribution is -0.117. The van der Waals surface area contributed by atoms with Gasteiger partial charge >= 0.3 is 0 Å². The Labute approximate surface area is 47.8 Å². The summed E-state index contributed by atoms with van der Waals surface area (Å²) in [7, 11) is 0. The summed E-state index contributed by atoms with van der Waals surface area (Å²) in [6.45, 7) is 1.90. The van der Waals surface area contributed by atoms with Gasteiger partial charge < -0.3 is 5.11 Å². The number of aliphatic hydroxyl groups is 1.